The molecule has 1 aromatic heterocycles. The summed E-state index contributed by atoms with van der Waals surface area (Å²) in [5, 5.41) is 7.47. The highest BCUT2D eigenvalue weighted by Gasteiger charge is 2.28. The number of rotatable bonds is 5. The van der Waals surface area contributed by atoms with Crippen molar-refractivity contribution in [1.82, 2.24) is 5.32 Å². The van der Waals surface area contributed by atoms with Crippen LogP contribution in [-0.2, 0) is 11.2 Å². The molecule has 2 aromatic rings. The fourth-order valence-electron chi connectivity index (χ4n) is 2.63. The van der Waals surface area contributed by atoms with Crippen LogP contribution >= 0.6 is 23.1 Å². The Labute approximate surface area is 149 Å². The number of benzene rings is 1. The van der Waals surface area contributed by atoms with Gasteiger partial charge < -0.3 is 16.4 Å². The third-order valence-electron chi connectivity index (χ3n) is 3.77. The maximum Gasteiger partial charge on any atom is 0.253 e. The van der Waals surface area contributed by atoms with Crippen molar-refractivity contribution in [2.75, 3.05) is 24.2 Å². The average molecular weight is 361 g/mol. The molecule has 126 valence electrons. The van der Waals surface area contributed by atoms with E-state index < -0.39 is 0 Å². The molecule has 1 aliphatic rings. The van der Waals surface area contributed by atoms with Gasteiger partial charge in [0.05, 0.1) is 11.3 Å². The van der Waals surface area contributed by atoms with Gasteiger partial charge in [-0.2, -0.15) is 0 Å². The maximum absolute atomic E-state index is 12.7. The van der Waals surface area contributed by atoms with Crippen LogP contribution in [0.4, 0.5) is 5.69 Å². The van der Waals surface area contributed by atoms with Crippen LogP contribution in [-0.4, -0.2) is 30.7 Å². The first-order valence-corrected chi connectivity index (χ1v) is 9.69. The van der Waals surface area contributed by atoms with E-state index in [1.54, 1.807) is 47.4 Å². The number of aryl methyl sites for hydroxylation is 1. The first kappa shape index (κ1) is 17.0. The van der Waals surface area contributed by atoms with E-state index in [1.165, 1.54) is 4.88 Å². The van der Waals surface area contributed by atoms with Crippen LogP contribution in [0.3, 0.4) is 0 Å². The highest BCUT2D eigenvalue weighted by atomic mass is 32.2. The zero-order valence-corrected chi connectivity index (χ0v) is 14.7. The molecular formula is C17H19N3O2S2. The lowest BCUT2D eigenvalue weighted by molar-refractivity contribution is -0.115. The monoisotopic (exact) mass is 361 g/mol. The average Bonchev–Trinajstić information content (AvgIpc) is 3.08. The minimum atomic E-state index is -0.233. The summed E-state index contributed by atoms with van der Waals surface area (Å²) in [6.07, 6.45) is 1.01. The number of amides is 2. The fraction of sp³-hybridized carbons (Fsp3) is 0.294. The van der Waals surface area contributed by atoms with Crippen molar-refractivity contribution < 1.29 is 9.59 Å². The van der Waals surface area contributed by atoms with E-state index in [2.05, 4.69) is 10.6 Å². The number of nitrogens with one attached hydrogen (secondary N) is 2. The predicted octanol–water partition coefficient (Wildman–Crippen LogP) is 2.41. The van der Waals surface area contributed by atoms with E-state index in [4.69, 9.17) is 5.73 Å². The molecule has 24 heavy (non-hydrogen) atoms. The second kappa shape index (κ2) is 7.83. The van der Waals surface area contributed by atoms with Crippen LogP contribution in [0.15, 0.2) is 35.7 Å². The third kappa shape index (κ3) is 3.63. The van der Waals surface area contributed by atoms with Gasteiger partial charge in [0, 0.05) is 18.0 Å². The molecular weight excluding hydrogens is 342 g/mol. The van der Waals surface area contributed by atoms with E-state index in [1.807, 2.05) is 11.4 Å². The molecule has 0 bridgehead atoms. The molecule has 1 aliphatic heterocycles. The van der Waals surface area contributed by atoms with Crippen molar-refractivity contribution in [3.63, 3.8) is 0 Å². The molecule has 7 heteroatoms. The number of nitrogens with two attached hydrogens (primary N) is 1. The lowest BCUT2D eigenvalue weighted by atomic mass is 10.1. The summed E-state index contributed by atoms with van der Waals surface area (Å²) in [5.41, 5.74) is 7.49. The SMILES string of the molecule is NCCNC(=O)c1ccccc1NC(=O)C1SCCc2sccc21. The first-order valence-electron chi connectivity index (χ1n) is 7.76. The van der Waals surface area contributed by atoms with E-state index in [0.717, 1.165) is 17.7 Å². The first-order chi connectivity index (χ1) is 11.7. The fourth-order valence-corrected chi connectivity index (χ4v) is 4.93. The van der Waals surface area contributed by atoms with Crippen molar-refractivity contribution in [3.8, 4) is 0 Å². The molecule has 0 saturated carbocycles. The summed E-state index contributed by atoms with van der Waals surface area (Å²) in [6, 6.07) is 9.05. The number of fused-ring (bicyclic) bond motifs is 1. The highest BCUT2D eigenvalue weighted by Crippen LogP contribution is 2.40. The molecule has 2 heterocycles. The Morgan fingerprint density at radius 2 is 2.08 bits per heavy atom. The smallest absolute Gasteiger partial charge is 0.253 e. The standard InChI is InChI=1S/C17H19N3O2S2/c18-7-8-19-16(21)11-3-1-2-4-13(11)20-17(22)15-12-5-9-23-14(12)6-10-24-15/h1-5,9,15H,6-8,10,18H2,(H,19,21)(H,20,22). The predicted molar refractivity (Wildman–Crippen MR) is 99.7 cm³/mol. The molecule has 2 amide bonds. The second-order valence-electron chi connectivity index (χ2n) is 5.38. The van der Waals surface area contributed by atoms with Gasteiger partial charge in [0.1, 0.15) is 5.25 Å². The van der Waals surface area contributed by atoms with Crippen molar-refractivity contribution in [2.45, 2.75) is 11.7 Å². The van der Waals surface area contributed by atoms with Crippen LogP contribution < -0.4 is 16.4 Å². The van der Waals surface area contributed by atoms with E-state index >= 15 is 0 Å². The maximum atomic E-state index is 12.7. The Kier molecular flexibility index (Phi) is 5.55. The van der Waals surface area contributed by atoms with Gasteiger partial charge in [-0.1, -0.05) is 12.1 Å². The Bertz CT molecular complexity index is 745. The molecule has 1 aromatic carbocycles. The number of para-hydroxylation sites is 1. The zero-order valence-electron chi connectivity index (χ0n) is 13.1. The molecule has 0 aliphatic carbocycles. The van der Waals surface area contributed by atoms with Crippen LogP contribution in [0, 0.1) is 0 Å². The van der Waals surface area contributed by atoms with Gasteiger partial charge in [-0.25, -0.2) is 0 Å². The summed E-state index contributed by atoms with van der Waals surface area (Å²) < 4.78 is 0. The molecule has 5 nitrogen and oxygen atoms in total. The van der Waals surface area contributed by atoms with E-state index in [-0.39, 0.29) is 17.1 Å². The van der Waals surface area contributed by atoms with Crippen LogP contribution in [0.25, 0.3) is 0 Å². The Morgan fingerprint density at radius 3 is 2.92 bits per heavy atom. The lowest BCUT2D eigenvalue weighted by Crippen LogP contribution is -2.30. The summed E-state index contributed by atoms with van der Waals surface area (Å²) >= 11 is 3.34. The molecule has 0 spiro atoms. The van der Waals surface area contributed by atoms with Crippen LogP contribution in [0.2, 0.25) is 0 Å². The minimum Gasteiger partial charge on any atom is -0.351 e. The zero-order chi connectivity index (χ0) is 16.9. The summed E-state index contributed by atoms with van der Waals surface area (Å²) in [6.45, 7) is 0.776. The Balaban J connectivity index is 1.77. The molecule has 1 unspecified atom stereocenters. The van der Waals surface area contributed by atoms with Gasteiger partial charge in [0.15, 0.2) is 0 Å². The minimum absolute atomic E-state index is 0.0848. The summed E-state index contributed by atoms with van der Waals surface area (Å²) in [5.74, 6) is 0.617. The second-order valence-corrected chi connectivity index (χ2v) is 7.59. The molecule has 1 atom stereocenters. The van der Waals surface area contributed by atoms with Gasteiger partial charge in [0.2, 0.25) is 5.91 Å². The van der Waals surface area contributed by atoms with E-state index in [9.17, 15) is 9.59 Å². The lowest BCUT2D eigenvalue weighted by Gasteiger charge is -2.22. The van der Waals surface area contributed by atoms with Crippen molar-refractivity contribution in [3.05, 3.63) is 51.7 Å². The Morgan fingerprint density at radius 1 is 1.25 bits per heavy atom. The van der Waals surface area contributed by atoms with Gasteiger partial charge in [0.25, 0.3) is 5.91 Å². The summed E-state index contributed by atoms with van der Waals surface area (Å²) in [7, 11) is 0. The number of thiophene rings is 1. The number of hydrogen-bond acceptors (Lipinski definition) is 5. The molecule has 0 saturated heterocycles. The highest BCUT2D eigenvalue weighted by molar-refractivity contribution is 8.00. The van der Waals surface area contributed by atoms with Crippen LogP contribution in [0.1, 0.15) is 26.0 Å². The number of thioether (sulfide) groups is 1. The van der Waals surface area contributed by atoms with Gasteiger partial charge in [-0.15, -0.1) is 23.1 Å². The molecule has 3 rings (SSSR count). The van der Waals surface area contributed by atoms with Gasteiger partial charge in [-0.3, -0.25) is 9.59 Å². The van der Waals surface area contributed by atoms with Gasteiger partial charge >= 0.3 is 0 Å². The number of carbonyl (C=O) groups excluding carboxylic acids is 2. The van der Waals surface area contributed by atoms with Crippen LogP contribution in [0.5, 0.6) is 0 Å². The Hall–Kier alpha value is -1.83. The molecule has 0 fully saturated rings. The van der Waals surface area contributed by atoms with E-state index in [0.29, 0.717) is 24.3 Å². The quantitative estimate of drug-likeness (QED) is 0.763. The topological polar surface area (TPSA) is 84.2 Å². The molecule has 0 radical (unpaired) electrons. The van der Waals surface area contributed by atoms with Crippen molar-refractivity contribution >= 4 is 40.6 Å². The molecule has 4 N–H and O–H groups in total. The largest absolute Gasteiger partial charge is 0.351 e. The number of hydrogen-bond donors (Lipinski definition) is 3. The third-order valence-corrected chi connectivity index (χ3v) is 6.01. The number of anilines is 1. The number of carbonyl (C=O) groups is 2. The summed E-state index contributed by atoms with van der Waals surface area (Å²) in [4.78, 5) is 26.2. The van der Waals surface area contributed by atoms with Crippen molar-refractivity contribution in [2.24, 2.45) is 5.73 Å². The van der Waals surface area contributed by atoms with Gasteiger partial charge in [-0.05, 0) is 41.3 Å². The van der Waals surface area contributed by atoms with Crippen molar-refractivity contribution in [1.29, 1.82) is 0 Å². The normalized spacial score (nSPS) is 16.3.